The molecule has 0 aliphatic carbocycles. The maximum Gasteiger partial charge on any atom is 0.144 e. The van der Waals surface area contributed by atoms with Crippen LogP contribution < -0.4 is 20.5 Å². The summed E-state index contributed by atoms with van der Waals surface area (Å²) in [7, 11) is 1.67. The van der Waals surface area contributed by atoms with Crippen LogP contribution in [0.2, 0.25) is 0 Å². The van der Waals surface area contributed by atoms with Crippen LogP contribution >= 0.6 is 0 Å². The number of nitrogens with one attached hydrogen (secondary N) is 1. The molecule has 2 aromatic rings. The second kappa shape index (κ2) is 7.43. The third-order valence-corrected chi connectivity index (χ3v) is 3.14. The third kappa shape index (κ3) is 4.05. The van der Waals surface area contributed by atoms with Gasteiger partial charge in [0.05, 0.1) is 25.1 Å². The zero-order valence-electron chi connectivity index (χ0n) is 12.6. The molecule has 0 unspecified atom stereocenters. The molecule has 0 saturated heterocycles. The summed E-state index contributed by atoms with van der Waals surface area (Å²) in [4.78, 5) is 0. The number of nitrogen functional groups attached to an aromatic ring is 1. The predicted molar refractivity (Wildman–Crippen MR) is 87.0 cm³/mol. The molecule has 4 nitrogen and oxygen atoms in total. The molecule has 0 radical (unpaired) electrons. The van der Waals surface area contributed by atoms with E-state index in [1.807, 2.05) is 42.5 Å². The maximum atomic E-state index is 6.13. The molecule has 0 saturated carbocycles. The number of rotatable bonds is 7. The lowest BCUT2D eigenvalue weighted by molar-refractivity contribution is 0.319. The Labute approximate surface area is 125 Å². The van der Waals surface area contributed by atoms with Crippen molar-refractivity contribution in [3.05, 3.63) is 48.0 Å². The van der Waals surface area contributed by atoms with Gasteiger partial charge in [-0.3, -0.25) is 0 Å². The molecule has 0 aromatic heterocycles. The summed E-state index contributed by atoms with van der Waals surface area (Å²) in [5, 5.41) is 3.34. The number of para-hydroxylation sites is 1. The van der Waals surface area contributed by atoms with Gasteiger partial charge in [0.15, 0.2) is 0 Å². The Kier molecular flexibility index (Phi) is 5.32. The van der Waals surface area contributed by atoms with Crippen molar-refractivity contribution in [1.29, 1.82) is 0 Å². The third-order valence-electron chi connectivity index (χ3n) is 3.14. The van der Waals surface area contributed by atoms with Gasteiger partial charge in [-0.15, -0.1) is 0 Å². The van der Waals surface area contributed by atoms with E-state index in [0.717, 1.165) is 29.2 Å². The van der Waals surface area contributed by atoms with Crippen molar-refractivity contribution in [1.82, 2.24) is 0 Å². The molecule has 4 heteroatoms. The SMILES string of the molecule is CCCOc1cccc(NCc2cccc(OC)c2)c1N. The first kappa shape index (κ1) is 15.0. The summed E-state index contributed by atoms with van der Waals surface area (Å²) in [5.74, 6) is 1.58. The van der Waals surface area contributed by atoms with Crippen LogP contribution in [0, 0.1) is 0 Å². The van der Waals surface area contributed by atoms with Gasteiger partial charge < -0.3 is 20.5 Å². The minimum atomic E-state index is 0.647. The molecule has 2 rings (SSSR count). The molecule has 112 valence electrons. The van der Waals surface area contributed by atoms with Crippen molar-refractivity contribution in [2.75, 3.05) is 24.8 Å². The number of benzene rings is 2. The highest BCUT2D eigenvalue weighted by Crippen LogP contribution is 2.30. The quantitative estimate of drug-likeness (QED) is 0.762. The highest BCUT2D eigenvalue weighted by atomic mass is 16.5. The minimum Gasteiger partial charge on any atom is -0.497 e. The average molecular weight is 286 g/mol. The first-order valence-electron chi connectivity index (χ1n) is 7.12. The molecule has 0 amide bonds. The molecule has 0 bridgehead atoms. The number of methoxy groups -OCH3 is 1. The van der Waals surface area contributed by atoms with Crippen molar-refractivity contribution in [2.45, 2.75) is 19.9 Å². The lowest BCUT2D eigenvalue weighted by atomic mass is 10.2. The van der Waals surface area contributed by atoms with Gasteiger partial charge in [0.25, 0.3) is 0 Å². The zero-order valence-corrected chi connectivity index (χ0v) is 12.6. The van der Waals surface area contributed by atoms with Crippen LogP contribution in [-0.2, 0) is 6.54 Å². The van der Waals surface area contributed by atoms with Crippen molar-refractivity contribution < 1.29 is 9.47 Å². The van der Waals surface area contributed by atoms with Gasteiger partial charge in [-0.2, -0.15) is 0 Å². The van der Waals surface area contributed by atoms with E-state index in [0.29, 0.717) is 18.8 Å². The monoisotopic (exact) mass is 286 g/mol. The zero-order chi connectivity index (χ0) is 15.1. The largest absolute Gasteiger partial charge is 0.497 e. The Hall–Kier alpha value is -2.36. The standard InChI is InChI=1S/C17H22N2O2/c1-3-10-21-16-9-5-8-15(17(16)18)19-12-13-6-4-7-14(11-13)20-2/h4-9,11,19H,3,10,12,18H2,1-2H3. The van der Waals surface area contributed by atoms with Crippen LogP contribution in [0.5, 0.6) is 11.5 Å². The van der Waals surface area contributed by atoms with E-state index in [4.69, 9.17) is 15.2 Å². The van der Waals surface area contributed by atoms with Gasteiger partial charge in [0.2, 0.25) is 0 Å². The van der Waals surface area contributed by atoms with Crippen LogP contribution in [0.25, 0.3) is 0 Å². The molecule has 0 spiro atoms. The Bertz CT molecular complexity index is 585. The van der Waals surface area contributed by atoms with Crippen molar-refractivity contribution in [3.63, 3.8) is 0 Å². The topological polar surface area (TPSA) is 56.5 Å². The summed E-state index contributed by atoms with van der Waals surface area (Å²) in [6, 6.07) is 13.7. The van der Waals surface area contributed by atoms with Crippen molar-refractivity contribution >= 4 is 11.4 Å². The smallest absolute Gasteiger partial charge is 0.144 e. The normalized spacial score (nSPS) is 10.2. The Morgan fingerprint density at radius 1 is 1.14 bits per heavy atom. The highest BCUT2D eigenvalue weighted by Gasteiger charge is 2.06. The molecule has 0 aliphatic rings. The summed E-state index contributed by atoms with van der Waals surface area (Å²) in [5.41, 5.74) is 8.79. The minimum absolute atomic E-state index is 0.647. The first-order chi connectivity index (χ1) is 10.2. The predicted octanol–water partition coefficient (Wildman–Crippen LogP) is 3.68. The van der Waals surface area contributed by atoms with Gasteiger partial charge in [-0.1, -0.05) is 25.1 Å². The molecule has 3 N–H and O–H groups in total. The number of hydrogen-bond acceptors (Lipinski definition) is 4. The van der Waals surface area contributed by atoms with E-state index in [1.54, 1.807) is 7.11 Å². The molecule has 2 aromatic carbocycles. The fourth-order valence-corrected chi connectivity index (χ4v) is 2.02. The lowest BCUT2D eigenvalue weighted by Crippen LogP contribution is -2.05. The summed E-state index contributed by atoms with van der Waals surface area (Å²) in [6.45, 7) is 3.42. The number of ether oxygens (including phenoxy) is 2. The maximum absolute atomic E-state index is 6.13. The molecule has 0 aliphatic heterocycles. The first-order valence-corrected chi connectivity index (χ1v) is 7.12. The van der Waals surface area contributed by atoms with E-state index in [-0.39, 0.29) is 0 Å². The van der Waals surface area contributed by atoms with E-state index in [9.17, 15) is 0 Å². The molecule has 0 heterocycles. The number of nitrogens with two attached hydrogens (primary N) is 1. The Morgan fingerprint density at radius 2 is 1.95 bits per heavy atom. The fourth-order valence-electron chi connectivity index (χ4n) is 2.02. The molecular weight excluding hydrogens is 264 g/mol. The summed E-state index contributed by atoms with van der Waals surface area (Å²) in [6.07, 6.45) is 0.959. The van der Waals surface area contributed by atoms with Gasteiger partial charge in [-0.25, -0.2) is 0 Å². The molecule has 21 heavy (non-hydrogen) atoms. The molecule has 0 atom stereocenters. The van der Waals surface area contributed by atoms with Crippen molar-refractivity contribution in [2.24, 2.45) is 0 Å². The van der Waals surface area contributed by atoms with Crippen LogP contribution in [-0.4, -0.2) is 13.7 Å². The van der Waals surface area contributed by atoms with Crippen LogP contribution in [0.15, 0.2) is 42.5 Å². The summed E-state index contributed by atoms with van der Waals surface area (Å²) >= 11 is 0. The second-order valence-electron chi connectivity index (χ2n) is 4.77. The fraction of sp³-hybridized carbons (Fsp3) is 0.294. The van der Waals surface area contributed by atoms with E-state index >= 15 is 0 Å². The number of anilines is 2. The van der Waals surface area contributed by atoms with Gasteiger partial charge in [-0.05, 0) is 36.2 Å². The lowest BCUT2D eigenvalue weighted by Gasteiger charge is -2.14. The van der Waals surface area contributed by atoms with E-state index < -0.39 is 0 Å². The van der Waals surface area contributed by atoms with Crippen LogP contribution in [0.4, 0.5) is 11.4 Å². The second-order valence-corrected chi connectivity index (χ2v) is 4.77. The Morgan fingerprint density at radius 3 is 2.71 bits per heavy atom. The van der Waals surface area contributed by atoms with E-state index in [2.05, 4.69) is 12.2 Å². The van der Waals surface area contributed by atoms with Gasteiger partial charge >= 0.3 is 0 Å². The average Bonchev–Trinajstić information content (AvgIpc) is 2.53. The Balaban J connectivity index is 2.05. The van der Waals surface area contributed by atoms with Crippen LogP contribution in [0.1, 0.15) is 18.9 Å². The molecule has 0 fully saturated rings. The van der Waals surface area contributed by atoms with Crippen LogP contribution in [0.3, 0.4) is 0 Å². The molecular formula is C17H22N2O2. The van der Waals surface area contributed by atoms with Crippen molar-refractivity contribution in [3.8, 4) is 11.5 Å². The van der Waals surface area contributed by atoms with Gasteiger partial charge in [0, 0.05) is 6.54 Å². The summed E-state index contributed by atoms with van der Waals surface area (Å²) < 4.78 is 10.9. The number of hydrogen-bond donors (Lipinski definition) is 2. The van der Waals surface area contributed by atoms with Gasteiger partial charge in [0.1, 0.15) is 11.5 Å². The van der Waals surface area contributed by atoms with E-state index in [1.165, 1.54) is 0 Å². The highest BCUT2D eigenvalue weighted by molar-refractivity contribution is 5.72.